The van der Waals surface area contributed by atoms with Crippen LogP contribution >= 0.6 is 26.6 Å². The summed E-state index contributed by atoms with van der Waals surface area (Å²) in [4.78, 5) is 9.68. The highest BCUT2D eigenvalue weighted by Crippen LogP contribution is 2.31. The molecule has 1 aromatic carbocycles. The molecule has 5 nitrogen and oxygen atoms in total. The third-order valence-corrected chi connectivity index (χ3v) is 3.66. The van der Waals surface area contributed by atoms with Gasteiger partial charge in [0.15, 0.2) is 0 Å². The van der Waals surface area contributed by atoms with Gasteiger partial charge in [0, 0.05) is 26.8 Å². The van der Waals surface area contributed by atoms with Gasteiger partial charge in [0.2, 0.25) is 0 Å². The first-order chi connectivity index (χ1) is 6.73. The summed E-state index contributed by atoms with van der Waals surface area (Å²) in [6.07, 6.45) is 0. The first-order valence-electron chi connectivity index (χ1n) is 3.62. The van der Waals surface area contributed by atoms with E-state index in [-0.39, 0.29) is 16.1 Å². The number of hydrogen-bond acceptors (Lipinski definition) is 4. The van der Waals surface area contributed by atoms with Crippen LogP contribution in [-0.2, 0) is 9.05 Å². The second-order valence-corrected chi connectivity index (χ2v) is 6.19. The number of hydrogen-bond donors (Lipinski definition) is 0. The molecule has 0 saturated heterocycles. The Bertz CT molecular complexity index is 528. The van der Waals surface area contributed by atoms with Crippen LogP contribution in [0.3, 0.4) is 0 Å². The topological polar surface area (TPSA) is 77.3 Å². The molecule has 82 valence electrons. The highest BCUT2D eigenvalue weighted by Gasteiger charge is 2.22. The lowest BCUT2D eigenvalue weighted by atomic mass is 10.2. The lowest BCUT2D eigenvalue weighted by Crippen LogP contribution is -1.99. The lowest BCUT2D eigenvalue weighted by molar-refractivity contribution is -0.385. The molecular weight excluding hydrogens is 310 g/mol. The Kier molecular flexibility index (Phi) is 3.37. The normalized spacial score (nSPS) is 11.4. The van der Waals surface area contributed by atoms with Crippen LogP contribution in [0.15, 0.2) is 21.5 Å². The van der Waals surface area contributed by atoms with Crippen LogP contribution < -0.4 is 0 Å². The minimum atomic E-state index is -3.97. The van der Waals surface area contributed by atoms with Crippen LogP contribution in [0.25, 0.3) is 0 Å². The van der Waals surface area contributed by atoms with Crippen molar-refractivity contribution in [1.29, 1.82) is 0 Å². The summed E-state index contributed by atoms with van der Waals surface area (Å²) in [5.74, 6) is 0. The third-order valence-electron chi connectivity index (χ3n) is 1.76. The lowest BCUT2D eigenvalue weighted by Gasteiger charge is -2.03. The van der Waals surface area contributed by atoms with E-state index in [1.165, 1.54) is 19.1 Å². The fraction of sp³-hybridized carbons (Fsp3) is 0.143. The molecule has 0 fully saturated rings. The van der Waals surface area contributed by atoms with Crippen molar-refractivity contribution in [3.05, 3.63) is 32.3 Å². The summed E-state index contributed by atoms with van der Waals surface area (Å²) in [6.45, 7) is 1.33. The molecule has 1 aromatic rings. The van der Waals surface area contributed by atoms with Crippen LogP contribution in [0.5, 0.6) is 0 Å². The van der Waals surface area contributed by atoms with E-state index in [2.05, 4.69) is 15.9 Å². The van der Waals surface area contributed by atoms with Crippen molar-refractivity contribution in [3.63, 3.8) is 0 Å². The molecule has 0 unspecified atom stereocenters. The first-order valence-corrected chi connectivity index (χ1v) is 6.73. The average Bonchev–Trinajstić information content (AvgIpc) is 2.06. The first kappa shape index (κ1) is 12.4. The zero-order chi connectivity index (χ0) is 11.8. The van der Waals surface area contributed by atoms with Crippen LogP contribution in [0.1, 0.15) is 5.56 Å². The summed E-state index contributed by atoms with van der Waals surface area (Å²) in [6, 6.07) is 2.45. The van der Waals surface area contributed by atoms with Gasteiger partial charge in [-0.25, -0.2) is 8.42 Å². The second kappa shape index (κ2) is 4.07. The number of halogens is 2. The van der Waals surface area contributed by atoms with E-state index in [1.807, 2.05) is 0 Å². The van der Waals surface area contributed by atoms with Gasteiger partial charge in [-0.3, -0.25) is 10.1 Å². The van der Waals surface area contributed by atoms with Gasteiger partial charge >= 0.3 is 0 Å². The summed E-state index contributed by atoms with van der Waals surface area (Å²) < 4.78 is 22.5. The van der Waals surface area contributed by atoms with Crippen molar-refractivity contribution >= 4 is 41.4 Å². The summed E-state index contributed by atoms with van der Waals surface area (Å²) >= 11 is 2.98. The Hall–Kier alpha value is -0.660. The SMILES string of the molecule is Cc1c([N+](=O)[O-])cc(Br)cc1S(=O)(=O)Cl. The molecule has 0 aliphatic rings. The van der Waals surface area contributed by atoms with E-state index in [1.54, 1.807) is 0 Å². The molecule has 0 amide bonds. The van der Waals surface area contributed by atoms with Crippen molar-refractivity contribution < 1.29 is 13.3 Å². The van der Waals surface area contributed by atoms with Crippen LogP contribution in [0.4, 0.5) is 5.69 Å². The van der Waals surface area contributed by atoms with Crippen molar-refractivity contribution in [2.24, 2.45) is 0 Å². The zero-order valence-corrected chi connectivity index (χ0v) is 10.6. The Balaban J connectivity index is 3.63. The van der Waals surface area contributed by atoms with Gasteiger partial charge < -0.3 is 0 Å². The Morgan fingerprint density at radius 1 is 1.47 bits per heavy atom. The predicted octanol–water partition coefficient (Wildman–Crippen LogP) is 2.59. The third kappa shape index (κ3) is 2.67. The molecule has 0 atom stereocenters. The molecule has 0 N–H and O–H groups in total. The summed E-state index contributed by atoms with van der Waals surface area (Å²) in [5.41, 5.74) is -0.262. The molecule has 0 aliphatic heterocycles. The highest BCUT2D eigenvalue weighted by atomic mass is 79.9. The van der Waals surface area contributed by atoms with E-state index in [0.717, 1.165) is 0 Å². The molecule has 0 heterocycles. The van der Waals surface area contributed by atoms with Crippen LogP contribution in [0.2, 0.25) is 0 Å². The van der Waals surface area contributed by atoms with E-state index in [4.69, 9.17) is 10.7 Å². The van der Waals surface area contributed by atoms with E-state index in [9.17, 15) is 18.5 Å². The minimum absolute atomic E-state index is 0.0261. The molecule has 0 aromatic heterocycles. The van der Waals surface area contributed by atoms with Gasteiger partial charge in [0.1, 0.15) is 0 Å². The van der Waals surface area contributed by atoms with Crippen molar-refractivity contribution in [2.45, 2.75) is 11.8 Å². The monoisotopic (exact) mass is 313 g/mol. The maximum Gasteiger partial charge on any atom is 0.274 e. The van der Waals surface area contributed by atoms with Gasteiger partial charge in [-0.2, -0.15) is 0 Å². The number of nitrogens with zero attached hydrogens (tertiary/aromatic N) is 1. The Morgan fingerprint density at radius 2 is 2.00 bits per heavy atom. The second-order valence-electron chi connectivity index (χ2n) is 2.74. The maximum atomic E-state index is 11.1. The molecule has 0 saturated carbocycles. The fourth-order valence-corrected chi connectivity index (χ4v) is 2.90. The quantitative estimate of drug-likeness (QED) is 0.477. The van der Waals surface area contributed by atoms with Gasteiger partial charge in [0.25, 0.3) is 14.7 Å². The molecule has 0 spiro atoms. The van der Waals surface area contributed by atoms with Crippen LogP contribution in [0, 0.1) is 17.0 Å². The summed E-state index contributed by atoms with van der Waals surface area (Å²) in [7, 11) is 1.17. The van der Waals surface area contributed by atoms with Gasteiger partial charge in [-0.15, -0.1) is 0 Å². The molecule has 0 bridgehead atoms. The highest BCUT2D eigenvalue weighted by molar-refractivity contribution is 9.10. The van der Waals surface area contributed by atoms with Crippen molar-refractivity contribution in [3.8, 4) is 0 Å². The summed E-state index contributed by atoms with van der Waals surface area (Å²) in [5, 5.41) is 10.6. The number of nitro groups is 1. The van der Waals surface area contributed by atoms with E-state index >= 15 is 0 Å². The zero-order valence-electron chi connectivity index (χ0n) is 7.40. The molecule has 0 aliphatic carbocycles. The Labute approximate surface area is 98.7 Å². The van der Waals surface area contributed by atoms with Gasteiger partial charge in [0.05, 0.1) is 9.82 Å². The molecule has 8 heteroatoms. The van der Waals surface area contributed by atoms with Gasteiger partial charge in [-0.05, 0) is 13.0 Å². The van der Waals surface area contributed by atoms with Gasteiger partial charge in [-0.1, -0.05) is 15.9 Å². The minimum Gasteiger partial charge on any atom is -0.258 e. The number of benzene rings is 1. The smallest absolute Gasteiger partial charge is 0.258 e. The number of rotatable bonds is 2. The largest absolute Gasteiger partial charge is 0.274 e. The molecule has 0 radical (unpaired) electrons. The molecule has 15 heavy (non-hydrogen) atoms. The standard InChI is InChI=1S/C7H5BrClNO4S/c1-4-6(10(11)12)2-5(8)3-7(4)15(9,13)14/h2-3H,1H3. The Morgan fingerprint density at radius 3 is 2.40 bits per heavy atom. The molecular formula is C7H5BrClNO4S. The van der Waals surface area contributed by atoms with E-state index in [0.29, 0.717) is 4.47 Å². The maximum absolute atomic E-state index is 11.1. The number of nitro benzene ring substituents is 1. The fourth-order valence-electron chi connectivity index (χ4n) is 1.08. The average molecular weight is 315 g/mol. The van der Waals surface area contributed by atoms with Crippen LogP contribution in [-0.4, -0.2) is 13.3 Å². The predicted molar refractivity (Wildman–Crippen MR) is 58.6 cm³/mol. The van der Waals surface area contributed by atoms with E-state index < -0.39 is 14.0 Å². The molecule has 1 rings (SSSR count). The van der Waals surface area contributed by atoms with Crippen molar-refractivity contribution in [1.82, 2.24) is 0 Å². The van der Waals surface area contributed by atoms with Crippen molar-refractivity contribution in [2.75, 3.05) is 0 Å².